The molecule has 0 aliphatic carbocycles. The minimum atomic E-state index is -0.834. The second kappa shape index (κ2) is 5.99. The Labute approximate surface area is 96.6 Å². The number of para-hydroxylation sites is 1. The van der Waals surface area contributed by atoms with E-state index in [0.29, 0.717) is 17.9 Å². The Kier molecular flexibility index (Phi) is 4.63. The van der Waals surface area contributed by atoms with E-state index in [1.807, 2.05) is 31.2 Å². The molecule has 0 unspecified atom stereocenters. The van der Waals surface area contributed by atoms with Gasteiger partial charge in [0.25, 0.3) is 0 Å². The number of benzene rings is 1. The highest BCUT2D eigenvalue weighted by atomic mass is 16.5. The highest BCUT2D eigenvalue weighted by Crippen LogP contribution is 2.24. The van der Waals surface area contributed by atoms with E-state index in [-0.39, 0.29) is 0 Å². The Morgan fingerprint density at radius 3 is 2.81 bits per heavy atom. The fourth-order valence-corrected chi connectivity index (χ4v) is 1.26. The third kappa shape index (κ3) is 3.45. The minimum absolute atomic E-state index is 0.567. The Balaban J connectivity index is 2.95. The number of allylic oxidation sites excluding steroid dienone is 1. The van der Waals surface area contributed by atoms with Crippen molar-refractivity contribution < 1.29 is 9.84 Å². The normalized spacial score (nSPS) is 11.2. The number of rotatable bonds is 3. The standard InChI is InChI=1S/C14H16O2/c1-4-16-14-8-6-5-7-12(14)13(15)10-9-11(2)3/h5-8,13,15H,2,4H2,1,3H3/t13-/m0/s1. The molecule has 0 saturated heterocycles. The smallest absolute Gasteiger partial charge is 0.144 e. The molecule has 0 radical (unpaired) electrons. The van der Waals surface area contributed by atoms with E-state index in [1.54, 1.807) is 6.92 Å². The topological polar surface area (TPSA) is 29.5 Å². The molecule has 0 bridgehead atoms. The number of aliphatic hydroxyl groups is 1. The zero-order valence-electron chi connectivity index (χ0n) is 9.66. The largest absolute Gasteiger partial charge is 0.493 e. The van der Waals surface area contributed by atoms with E-state index in [4.69, 9.17) is 4.74 Å². The van der Waals surface area contributed by atoms with Crippen molar-refractivity contribution in [3.05, 3.63) is 42.0 Å². The van der Waals surface area contributed by atoms with Crippen molar-refractivity contribution in [2.45, 2.75) is 20.0 Å². The average molecular weight is 216 g/mol. The van der Waals surface area contributed by atoms with Gasteiger partial charge >= 0.3 is 0 Å². The lowest BCUT2D eigenvalue weighted by Gasteiger charge is -2.11. The summed E-state index contributed by atoms with van der Waals surface area (Å²) in [5.74, 6) is 6.16. The molecule has 2 heteroatoms. The Bertz CT molecular complexity index is 424. The molecule has 84 valence electrons. The summed E-state index contributed by atoms with van der Waals surface area (Å²) in [6, 6.07) is 7.35. The first-order valence-electron chi connectivity index (χ1n) is 5.22. The zero-order chi connectivity index (χ0) is 12.0. The maximum absolute atomic E-state index is 9.88. The van der Waals surface area contributed by atoms with E-state index in [1.165, 1.54) is 0 Å². The summed E-state index contributed by atoms with van der Waals surface area (Å²) in [6.07, 6.45) is -0.834. The lowest BCUT2D eigenvalue weighted by atomic mass is 10.1. The molecule has 16 heavy (non-hydrogen) atoms. The molecule has 0 heterocycles. The van der Waals surface area contributed by atoms with Gasteiger partial charge in [0.2, 0.25) is 0 Å². The summed E-state index contributed by atoms with van der Waals surface area (Å²) >= 11 is 0. The highest BCUT2D eigenvalue weighted by molar-refractivity contribution is 5.40. The van der Waals surface area contributed by atoms with Crippen LogP contribution in [0.5, 0.6) is 5.75 Å². The van der Waals surface area contributed by atoms with Crippen LogP contribution in [0.1, 0.15) is 25.5 Å². The summed E-state index contributed by atoms with van der Waals surface area (Å²) in [5.41, 5.74) is 1.42. The van der Waals surface area contributed by atoms with Crippen LogP contribution < -0.4 is 4.74 Å². The van der Waals surface area contributed by atoms with Crippen LogP contribution >= 0.6 is 0 Å². The van der Waals surface area contributed by atoms with Crippen LogP contribution in [0.2, 0.25) is 0 Å². The molecule has 0 aliphatic heterocycles. The molecule has 0 spiro atoms. The molecule has 0 aromatic heterocycles. The molecule has 0 fully saturated rings. The second-order valence-electron chi connectivity index (χ2n) is 3.42. The molecule has 2 nitrogen and oxygen atoms in total. The predicted octanol–water partition coefficient (Wildman–Crippen LogP) is 2.70. The summed E-state index contributed by atoms with van der Waals surface area (Å²) in [7, 11) is 0. The van der Waals surface area contributed by atoms with Gasteiger partial charge in [-0.05, 0) is 25.5 Å². The van der Waals surface area contributed by atoms with Gasteiger partial charge < -0.3 is 9.84 Å². The Morgan fingerprint density at radius 1 is 1.50 bits per heavy atom. The van der Waals surface area contributed by atoms with Crippen LogP contribution in [0.15, 0.2) is 36.4 Å². The van der Waals surface area contributed by atoms with Crippen LogP contribution in [-0.2, 0) is 0 Å². The van der Waals surface area contributed by atoms with E-state index in [0.717, 1.165) is 5.57 Å². The Morgan fingerprint density at radius 2 is 2.19 bits per heavy atom. The third-order valence-corrected chi connectivity index (χ3v) is 1.94. The number of hydrogen-bond donors (Lipinski definition) is 1. The first-order valence-corrected chi connectivity index (χ1v) is 5.22. The van der Waals surface area contributed by atoms with Gasteiger partial charge in [0.1, 0.15) is 11.9 Å². The molecule has 0 aliphatic rings. The van der Waals surface area contributed by atoms with Gasteiger partial charge in [0.05, 0.1) is 6.61 Å². The van der Waals surface area contributed by atoms with Crippen LogP contribution in [-0.4, -0.2) is 11.7 Å². The van der Waals surface area contributed by atoms with Crippen LogP contribution in [0.3, 0.4) is 0 Å². The Hall–Kier alpha value is -1.72. The maximum atomic E-state index is 9.88. The van der Waals surface area contributed by atoms with Gasteiger partial charge in [0, 0.05) is 5.56 Å². The lowest BCUT2D eigenvalue weighted by molar-refractivity contribution is 0.228. The van der Waals surface area contributed by atoms with Gasteiger partial charge in [-0.3, -0.25) is 0 Å². The molecular formula is C14H16O2. The van der Waals surface area contributed by atoms with Crippen molar-refractivity contribution >= 4 is 0 Å². The van der Waals surface area contributed by atoms with Crippen molar-refractivity contribution in [1.29, 1.82) is 0 Å². The molecule has 1 atom stereocenters. The molecular weight excluding hydrogens is 200 g/mol. The number of hydrogen-bond acceptors (Lipinski definition) is 2. The fourth-order valence-electron chi connectivity index (χ4n) is 1.26. The van der Waals surface area contributed by atoms with Crippen molar-refractivity contribution in [3.8, 4) is 17.6 Å². The summed E-state index contributed by atoms with van der Waals surface area (Å²) in [5, 5.41) is 9.88. The SMILES string of the molecule is C=C(C)C#C[C@H](O)c1ccccc1OCC. The van der Waals surface area contributed by atoms with Crippen LogP contribution in [0, 0.1) is 11.8 Å². The highest BCUT2D eigenvalue weighted by Gasteiger charge is 2.09. The summed E-state index contributed by atoms with van der Waals surface area (Å²) in [4.78, 5) is 0. The third-order valence-electron chi connectivity index (χ3n) is 1.94. The van der Waals surface area contributed by atoms with Gasteiger partial charge in [-0.2, -0.15) is 0 Å². The van der Waals surface area contributed by atoms with Gasteiger partial charge in [-0.15, -0.1) is 0 Å². The zero-order valence-corrected chi connectivity index (χ0v) is 9.66. The fraction of sp³-hybridized carbons (Fsp3) is 0.286. The van der Waals surface area contributed by atoms with Gasteiger partial charge in [-0.25, -0.2) is 0 Å². The predicted molar refractivity (Wildman–Crippen MR) is 65.2 cm³/mol. The van der Waals surface area contributed by atoms with Gasteiger partial charge in [0.15, 0.2) is 0 Å². The summed E-state index contributed by atoms with van der Waals surface area (Å²) < 4.78 is 5.41. The minimum Gasteiger partial charge on any atom is -0.493 e. The van der Waals surface area contributed by atoms with Crippen LogP contribution in [0.4, 0.5) is 0 Å². The average Bonchev–Trinajstić information content (AvgIpc) is 2.27. The van der Waals surface area contributed by atoms with Crippen molar-refractivity contribution in [2.75, 3.05) is 6.61 Å². The van der Waals surface area contributed by atoms with E-state index in [2.05, 4.69) is 18.4 Å². The second-order valence-corrected chi connectivity index (χ2v) is 3.42. The monoisotopic (exact) mass is 216 g/mol. The summed E-state index contributed by atoms with van der Waals surface area (Å²) in [6.45, 7) is 7.94. The van der Waals surface area contributed by atoms with E-state index in [9.17, 15) is 5.11 Å². The van der Waals surface area contributed by atoms with E-state index >= 15 is 0 Å². The first-order chi connectivity index (χ1) is 7.65. The van der Waals surface area contributed by atoms with Crippen LogP contribution in [0.25, 0.3) is 0 Å². The maximum Gasteiger partial charge on any atom is 0.144 e. The molecule has 1 rings (SSSR count). The van der Waals surface area contributed by atoms with Crippen molar-refractivity contribution in [1.82, 2.24) is 0 Å². The number of ether oxygens (including phenoxy) is 1. The van der Waals surface area contributed by atoms with Gasteiger partial charge in [-0.1, -0.05) is 36.6 Å². The number of aliphatic hydroxyl groups excluding tert-OH is 1. The van der Waals surface area contributed by atoms with Crippen molar-refractivity contribution in [2.24, 2.45) is 0 Å². The van der Waals surface area contributed by atoms with Crippen molar-refractivity contribution in [3.63, 3.8) is 0 Å². The van der Waals surface area contributed by atoms with E-state index < -0.39 is 6.10 Å². The molecule has 1 aromatic carbocycles. The molecule has 0 amide bonds. The molecule has 1 N–H and O–H groups in total. The lowest BCUT2D eigenvalue weighted by Crippen LogP contribution is -2.00. The molecule has 1 aromatic rings. The molecule has 0 saturated carbocycles. The quantitative estimate of drug-likeness (QED) is 0.787. The first kappa shape index (κ1) is 12.4.